The van der Waals surface area contributed by atoms with Gasteiger partial charge in [0.2, 0.25) is 0 Å². The molecule has 1 aliphatic rings. The number of aromatic nitrogens is 2. The minimum absolute atomic E-state index is 0.106. The number of anilines is 1. The molecule has 1 amide bonds. The van der Waals surface area contributed by atoms with Crippen molar-refractivity contribution in [1.82, 2.24) is 9.55 Å². The number of carboxylic acid groups (broad SMARTS) is 2. The van der Waals surface area contributed by atoms with Gasteiger partial charge in [0.25, 0.3) is 5.91 Å². The van der Waals surface area contributed by atoms with Crippen molar-refractivity contribution in [3.63, 3.8) is 0 Å². The number of carboxylic acids is 2. The molecule has 10 nitrogen and oxygen atoms in total. The zero-order chi connectivity index (χ0) is 24.3. The van der Waals surface area contributed by atoms with E-state index in [9.17, 15) is 35.9 Å². The van der Waals surface area contributed by atoms with E-state index in [1.165, 1.54) is 29.2 Å². The number of halogens is 6. The van der Waals surface area contributed by atoms with Gasteiger partial charge in [-0.2, -0.15) is 26.3 Å². The van der Waals surface area contributed by atoms with Crippen LogP contribution in [0.15, 0.2) is 47.0 Å². The molecule has 0 spiro atoms. The Balaban J connectivity index is 0.000000451. The Bertz CT molecular complexity index is 1040. The summed E-state index contributed by atoms with van der Waals surface area (Å²) in [6, 6.07) is 4.70. The molecule has 0 aliphatic carbocycles. The van der Waals surface area contributed by atoms with Crippen molar-refractivity contribution < 1.29 is 50.9 Å². The summed E-state index contributed by atoms with van der Waals surface area (Å²) in [5.41, 5.74) is -2.60. The molecule has 2 aromatic rings. The summed E-state index contributed by atoms with van der Waals surface area (Å²) >= 11 is 0. The number of alkyl halides is 6. The third-order valence-corrected chi connectivity index (χ3v) is 3.68. The minimum Gasteiger partial charge on any atom is -0.480 e. The van der Waals surface area contributed by atoms with Crippen LogP contribution in [0, 0.1) is 0 Å². The molecule has 0 bridgehead atoms. The molecule has 0 radical (unpaired) electrons. The zero-order valence-electron chi connectivity index (χ0n) is 15.3. The Kier molecular flexibility index (Phi) is 6.56. The fraction of sp³-hybridized carbons (Fsp3) is 0.250. The number of rotatable bonds is 5. The lowest BCUT2D eigenvalue weighted by molar-refractivity contribution is -0.192. The Labute approximate surface area is 173 Å². The first-order valence-corrected chi connectivity index (χ1v) is 8.12. The normalized spacial score (nSPS) is 14.2. The summed E-state index contributed by atoms with van der Waals surface area (Å²) in [7, 11) is 0. The summed E-state index contributed by atoms with van der Waals surface area (Å²) in [5.74, 6) is -4.31. The number of aliphatic carboxylic acids is 2. The standard InChI is InChI=1S/C14H10F3N5O3.C2HF3O2/c15-14(16,17)13(20-21-13)9-3-1-8(2-4-9)12(25)19-10-5-22(7-18-10)6-11(23)24;3-2(4,5)1(6)7/h1-5,7H,6H2,(H,19,25)(H,23,24);(H,6,7). The summed E-state index contributed by atoms with van der Waals surface area (Å²) in [5, 5.41) is 24.4. The van der Waals surface area contributed by atoms with Crippen LogP contribution in [0.5, 0.6) is 0 Å². The van der Waals surface area contributed by atoms with Gasteiger partial charge >= 0.3 is 30.0 Å². The molecule has 0 saturated heterocycles. The Morgan fingerprint density at radius 2 is 1.53 bits per heavy atom. The molecular weight excluding hydrogens is 456 g/mol. The molecule has 172 valence electrons. The van der Waals surface area contributed by atoms with Crippen molar-refractivity contribution in [3.8, 4) is 0 Å². The summed E-state index contributed by atoms with van der Waals surface area (Å²) < 4.78 is 71.7. The minimum atomic E-state index is -5.08. The summed E-state index contributed by atoms with van der Waals surface area (Å²) in [6.45, 7) is -0.315. The van der Waals surface area contributed by atoms with Crippen molar-refractivity contribution >= 4 is 23.7 Å². The first-order valence-electron chi connectivity index (χ1n) is 8.12. The zero-order valence-corrected chi connectivity index (χ0v) is 15.3. The second-order valence-electron chi connectivity index (χ2n) is 6.03. The van der Waals surface area contributed by atoms with Crippen LogP contribution in [-0.4, -0.2) is 50.0 Å². The van der Waals surface area contributed by atoms with Crippen LogP contribution >= 0.6 is 0 Å². The van der Waals surface area contributed by atoms with Crippen LogP contribution in [-0.2, 0) is 21.8 Å². The van der Waals surface area contributed by atoms with E-state index in [-0.39, 0.29) is 23.5 Å². The van der Waals surface area contributed by atoms with Gasteiger partial charge in [0.05, 0.1) is 6.33 Å². The fourth-order valence-corrected chi connectivity index (χ4v) is 2.15. The van der Waals surface area contributed by atoms with Crippen LogP contribution in [0.1, 0.15) is 15.9 Å². The second-order valence-corrected chi connectivity index (χ2v) is 6.03. The van der Waals surface area contributed by atoms with Crippen molar-refractivity contribution in [1.29, 1.82) is 0 Å². The Hall–Kier alpha value is -3.98. The maximum atomic E-state index is 12.9. The first kappa shape index (κ1) is 24.3. The van der Waals surface area contributed by atoms with Gasteiger partial charge in [0.1, 0.15) is 6.54 Å². The van der Waals surface area contributed by atoms with Crippen LogP contribution in [0.25, 0.3) is 0 Å². The quantitative estimate of drug-likeness (QED) is 0.576. The molecule has 0 atom stereocenters. The van der Waals surface area contributed by atoms with Gasteiger partial charge in [-0.05, 0) is 12.1 Å². The first-order chi connectivity index (χ1) is 14.7. The predicted molar refractivity (Wildman–Crippen MR) is 90.5 cm³/mol. The van der Waals surface area contributed by atoms with E-state index in [0.29, 0.717) is 0 Å². The van der Waals surface area contributed by atoms with Crippen molar-refractivity contribution in [2.45, 2.75) is 24.6 Å². The van der Waals surface area contributed by atoms with E-state index in [1.807, 2.05) is 0 Å². The molecule has 1 aromatic heterocycles. The van der Waals surface area contributed by atoms with E-state index in [4.69, 9.17) is 15.0 Å². The number of hydrogen-bond acceptors (Lipinski definition) is 6. The number of amides is 1. The average Bonchev–Trinajstić information content (AvgIpc) is 3.38. The van der Waals surface area contributed by atoms with Gasteiger partial charge in [-0.15, -0.1) is 10.2 Å². The van der Waals surface area contributed by atoms with Gasteiger partial charge in [0, 0.05) is 17.3 Å². The largest absolute Gasteiger partial charge is 0.490 e. The second kappa shape index (κ2) is 8.64. The van der Waals surface area contributed by atoms with Gasteiger partial charge in [-0.1, -0.05) is 12.1 Å². The maximum Gasteiger partial charge on any atom is 0.490 e. The van der Waals surface area contributed by atoms with E-state index in [2.05, 4.69) is 20.5 Å². The molecule has 3 N–H and O–H groups in total. The Morgan fingerprint density at radius 3 is 1.94 bits per heavy atom. The molecule has 2 heterocycles. The number of benzene rings is 1. The van der Waals surface area contributed by atoms with Crippen molar-refractivity contribution in [3.05, 3.63) is 47.9 Å². The van der Waals surface area contributed by atoms with E-state index < -0.39 is 35.9 Å². The lowest BCUT2D eigenvalue weighted by Gasteiger charge is -2.14. The highest BCUT2D eigenvalue weighted by Crippen LogP contribution is 2.52. The van der Waals surface area contributed by atoms with E-state index >= 15 is 0 Å². The molecule has 1 aromatic carbocycles. The van der Waals surface area contributed by atoms with Gasteiger partial charge in [-0.3, -0.25) is 9.59 Å². The van der Waals surface area contributed by atoms with Crippen LogP contribution in [0.4, 0.5) is 32.2 Å². The highest BCUT2D eigenvalue weighted by molar-refractivity contribution is 6.03. The smallest absolute Gasteiger partial charge is 0.480 e. The predicted octanol–water partition coefficient (Wildman–Crippen LogP) is 3.03. The maximum absolute atomic E-state index is 12.9. The van der Waals surface area contributed by atoms with Crippen LogP contribution in [0.2, 0.25) is 0 Å². The topological polar surface area (TPSA) is 146 Å². The molecule has 16 heteroatoms. The Morgan fingerprint density at radius 1 is 1.00 bits per heavy atom. The molecule has 0 fully saturated rings. The third-order valence-electron chi connectivity index (χ3n) is 3.68. The van der Waals surface area contributed by atoms with Gasteiger partial charge < -0.3 is 20.1 Å². The SMILES string of the molecule is O=C(O)C(F)(F)F.O=C(O)Cn1cnc(NC(=O)c2ccc(C3(C(F)(F)F)N=N3)cc2)c1. The van der Waals surface area contributed by atoms with Crippen molar-refractivity contribution in [2.75, 3.05) is 5.32 Å². The monoisotopic (exact) mass is 467 g/mol. The molecule has 32 heavy (non-hydrogen) atoms. The molecule has 0 unspecified atom stereocenters. The lowest BCUT2D eigenvalue weighted by atomic mass is 10.0. The van der Waals surface area contributed by atoms with Crippen LogP contribution < -0.4 is 5.32 Å². The van der Waals surface area contributed by atoms with Crippen molar-refractivity contribution in [2.24, 2.45) is 10.2 Å². The highest BCUT2D eigenvalue weighted by Gasteiger charge is 2.65. The lowest BCUT2D eigenvalue weighted by Crippen LogP contribution is -2.30. The number of imidazole rings is 1. The molecule has 1 aliphatic heterocycles. The molecule has 3 rings (SSSR count). The number of nitrogens with one attached hydrogen (secondary N) is 1. The number of carbonyl (C=O) groups is 3. The number of hydrogen-bond donors (Lipinski definition) is 3. The summed E-state index contributed by atoms with van der Waals surface area (Å²) in [4.78, 5) is 35.4. The highest BCUT2D eigenvalue weighted by atomic mass is 19.4. The van der Waals surface area contributed by atoms with Crippen LogP contribution in [0.3, 0.4) is 0 Å². The average molecular weight is 467 g/mol. The third kappa shape index (κ3) is 5.79. The number of carbonyl (C=O) groups excluding carboxylic acids is 1. The van der Waals surface area contributed by atoms with E-state index in [0.717, 1.165) is 12.1 Å². The number of nitrogens with zero attached hydrogens (tertiary/aromatic N) is 4. The summed E-state index contributed by atoms with van der Waals surface area (Å²) in [6.07, 6.45) is -7.16. The molecule has 0 saturated carbocycles. The van der Waals surface area contributed by atoms with Gasteiger partial charge in [-0.25, -0.2) is 9.78 Å². The fourth-order valence-electron chi connectivity index (χ4n) is 2.15. The molecular formula is C16H11F6N5O5. The van der Waals surface area contributed by atoms with Gasteiger partial charge in [0.15, 0.2) is 5.82 Å². The van der Waals surface area contributed by atoms with E-state index in [1.54, 1.807) is 0 Å².